The van der Waals surface area contributed by atoms with Crippen LogP contribution in [-0.4, -0.2) is 51.3 Å². The van der Waals surface area contributed by atoms with Gasteiger partial charge >= 0.3 is 0 Å². The van der Waals surface area contributed by atoms with E-state index in [1.807, 2.05) is 0 Å². The van der Waals surface area contributed by atoms with E-state index < -0.39 is 0 Å². The number of likely N-dealkylation sites (N-methyl/N-ethyl adjacent to an activating group) is 1. The molecule has 0 saturated heterocycles. The average Bonchev–Trinajstić information content (AvgIpc) is 2.69. The first-order chi connectivity index (χ1) is 7.76. The van der Waals surface area contributed by atoms with Crippen LogP contribution in [0.5, 0.6) is 0 Å². The Hall–Kier alpha value is -1.01. The van der Waals surface area contributed by atoms with Crippen molar-refractivity contribution >= 4 is 0 Å². The van der Waals surface area contributed by atoms with Crippen LogP contribution >= 0.6 is 0 Å². The number of tetrazole rings is 1. The number of hydrogen-bond acceptors (Lipinski definition) is 5. The number of aromatic nitrogens is 4. The summed E-state index contributed by atoms with van der Waals surface area (Å²) in [5, 5.41) is 15.1. The van der Waals surface area contributed by atoms with Crippen molar-refractivity contribution in [1.82, 2.24) is 30.4 Å². The van der Waals surface area contributed by atoms with E-state index in [1.54, 1.807) is 7.05 Å². The van der Waals surface area contributed by atoms with Gasteiger partial charge in [0.15, 0.2) is 5.82 Å². The normalized spacial score (nSPS) is 11.2. The second-order valence-electron chi connectivity index (χ2n) is 3.81. The van der Waals surface area contributed by atoms with Crippen LogP contribution in [0.15, 0.2) is 0 Å². The van der Waals surface area contributed by atoms with E-state index in [2.05, 4.69) is 39.5 Å². The van der Waals surface area contributed by atoms with Gasteiger partial charge in [-0.1, -0.05) is 13.8 Å². The van der Waals surface area contributed by atoms with Crippen molar-refractivity contribution < 1.29 is 0 Å². The number of rotatable bonds is 8. The van der Waals surface area contributed by atoms with Crippen molar-refractivity contribution in [1.29, 1.82) is 0 Å². The molecule has 6 nitrogen and oxygen atoms in total. The lowest BCUT2D eigenvalue weighted by atomic mass is 10.4. The molecule has 0 radical (unpaired) electrons. The highest BCUT2D eigenvalue weighted by molar-refractivity contribution is 4.75. The fourth-order valence-corrected chi connectivity index (χ4v) is 1.58. The summed E-state index contributed by atoms with van der Waals surface area (Å²) in [4.78, 5) is 3.91. The predicted octanol–water partition coefficient (Wildman–Crippen LogP) is 0.0316. The largest absolute Gasteiger partial charge is 0.308 e. The van der Waals surface area contributed by atoms with Crippen LogP contribution < -0.4 is 5.32 Å². The summed E-state index contributed by atoms with van der Waals surface area (Å²) in [7, 11) is 1.77. The first-order valence-corrected chi connectivity index (χ1v) is 5.92. The van der Waals surface area contributed by atoms with Gasteiger partial charge < -0.3 is 10.2 Å². The third-order valence-corrected chi connectivity index (χ3v) is 2.42. The summed E-state index contributed by atoms with van der Waals surface area (Å²) in [6.07, 6.45) is 1.21. The molecular weight excluding hydrogens is 204 g/mol. The van der Waals surface area contributed by atoms with Crippen LogP contribution in [0.2, 0.25) is 0 Å². The van der Waals surface area contributed by atoms with Crippen molar-refractivity contribution in [2.45, 2.75) is 26.8 Å². The second kappa shape index (κ2) is 7.29. The van der Waals surface area contributed by atoms with Gasteiger partial charge in [-0.3, -0.25) is 0 Å². The van der Waals surface area contributed by atoms with E-state index in [4.69, 9.17) is 0 Å². The number of nitrogens with zero attached hydrogens (tertiary/aromatic N) is 5. The number of hydrogen-bond donors (Lipinski definition) is 1. The summed E-state index contributed by atoms with van der Waals surface area (Å²) < 4.78 is 0. The Bertz CT molecular complexity index is 285. The quantitative estimate of drug-likeness (QED) is 0.634. The standard InChI is InChI=1S/C10H22N6/c1-4-7-16(5-2)8-6-11-9-10-12-14-15(3)13-10/h11H,4-9H2,1-3H3. The van der Waals surface area contributed by atoms with E-state index in [0.717, 1.165) is 25.5 Å². The lowest BCUT2D eigenvalue weighted by Crippen LogP contribution is -2.32. The zero-order valence-corrected chi connectivity index (χ0v) is 10.5. The van der Waals surface area contributed by atoms with Crippen LogP contribution in [0.25, 0.3) is 0 Å². The van der Waals surface area contributed by atoms with Crippen LogP contribution in [0.4, 0.5) is 0 Å². The lowest BCUT2D eigenvalue weighted by Gasteiger charge is -2.19. The zero-order valence-electron chi connectivity index (χ0n) is 10.5. The molecule has 6 heteroatoms. The Balaban J connectivity index is 2.11. The van der Waals surface area contributed by atoms with Gasteiger partial charge in [-0.2, -0.15) is 4.80 Å². The first-order valence-electron chi connectivity index (χ1n) is 5.92. The van der Waals surface area contributed by atoms with E-state index in [-0.39, 0.29) is 0 Å². The Morgan fingerprint density at radius 2 is 2.12 bits per heavy atom. The topological polar surface area (TPSA) is 58.9 Å². The molecule has 0 atom stereocenters. The molecule has 0 spiro atoms. The molecular formula is C10H22N6. The fourth-order valence-electron chi connectivity index (χ4n) is 1.58. The molecule has 0 aliphatic rings. The van der Waals surface area contributed by atoms with Crippen molar-refractivity contribution in [3.63, 3.8) is 0 Å². The minimum absolute atomic E-state index is 0.692. The van der Waals surface area contributed by atoms with Crippen LogP contribution in [0, 0.1) is 0 Å². The molecule has 0 aliphatic carbocycles. The Morgan fingerprint density at radius 1 is 1.31 bits per heavy atom. The summed E-state index contributed by atoms with van der Waals surface area (Å²) in [6.45, 7) is 9.41. The summed E-state index contributed by atoms with van der Waals surface area (Å²) in [5.74, 6) is 0.751. The maximum absolute atomic E-state index is 4.10. The number of aryl methyl sites for hydroxylation is 1. The molecule has 0 unspecified atom stereocenters. The van der Waals surface area contributed by atoms with Crippen LogP contribution in [-0.2, 0) is 13.6 Å². The highest BCUT2D eigenvalue weighted by atomic mass is 15.6. The highest BCUT2D eigenvalue weighted by Gasteiger charge is 2.01. The second-order valence-corrected chi connectivity index (χ2v) is 3.81. The Kier molecular flexibility index (Phi) is 5.95. The Labute approximate surface area is 97.0 Å². The van der Waals surface area contributed by atoms with Gasteiger partial charge in [-0.25, -0.2) is 0 Å². The molecule has 1 aromatic heterocycles. The number of nitrogens with one attached hydrogen (secondary N) is 1. The van der Waals surface area contributed by atoms with E-state index in [9.17, 15) is 0 Å². The van der Waals surface area contributed by atoms with Gasteiger partial charge in [-0.15, -0.1) is 10.2 Å². The molecule has 0 amide bonds. The molecule has 0 aliphatic heterocycles. The molecule has 0 fully saturated rings. The van der Waals surface area contributed by atoms with Gasteiger partial charge in [0.05, 0.1) is 13.6 Å². The summed E-state index contributed by atoms with van der Waals surface area (Å²) in [5.41, 5.74) is 0. The van der Waals surface area contributed by atoms with E-state index in [1.165, 1.54) is 17.8 Å². The minimum atomic E-state index is 0.692. The summed E-state index contributed by atoms with van der Waals surface area (Å²) >= 11 is 0. The van der Waals surface area contributed by atoms with Crippen molar-refractivity contribution in [3.05, 3.63) is 5.82 Å². The smallest absolute Gasteiger partial charge is 0.188 e. The monoisotopic (exact) mass is 226 g/mol. The summed E-state index contributed by atoms with van der Waals surface area (Å²) in [6, 6.07) is 0. The highest BCUT2D eigenvalue weighted by Crippen LogP contribution is 1.89. The van der Waals surface area contributed by atoms with Gasteiger partial charge in [0, 0.05) is 13.1 Å². The molecule has 0 aromatic carbocycles. The molecule has 0 saturated carbocycles. The van der Waals surface area contributed by atoms with Crippen molar-refractivity contribution in [2.75, 3.05) is 26.2 Å². The third kappa shape index (κ3) is 4.67. The SMILES string of the molecule is CCCN(CC)CCNCc1nnn(C)n1. The van der Waals surface area contributed by atoms with Crippen molar-refractivity contribution in [3.8, 4) is 0 Å². The third-order valence-electron chi connectivity index (χ3n) is 2.42. The Morgan fingerprint density at radius 3 is 2.69 bits per heavy atom. The predicted molar refractivity (Wildman–Crippen MR) is 62.9 cm³/mol. The van der Waals surface area contributed by atoms with E-state index >= 15 is 0 Å². The van der Waals surface area contributed by atoms with Gasteiger partial charge in [0.25, 0.3) is 0 Å². The molecule has 1 rings (SSSR count). The average molecular weight is 226 g/mol. The van der Waals surface area contributed by atoms with Crippen LogP contribution in [0.1, 0.15) is 26.1 Å². The fraction of sp³-hybridized carbons (Fsp3) is 0.900. The van der Waals surface area contributed by atoms with Gasteiger partial charge in [0.2, 0.25) is 0 Å². The maximum atomic E-state index is 4.10. The molecule has 1 aromatic rings. The van der Waals surface area contributed by atoms with Gasteiger partial charge in [-0.05, 0) is 24.7 Å². The first kappa shape index (κ1) is 13.1. The molecule has 1 N–H and O–H groups in total. The van der Waals surface area contributed by atoms with E-state index in [0.29, 0.717) is 6.54 Å². The maximum Gasteiger partial charge on any atom is 0.188 e. The zero-order chi connectivity index (χ0) is 11.8. The lowest BCUT2D eigenvalue weighted by molar-refractivity contribution is 0.287. The van der Waals surface area contributed by atoms with Gasteiger partial charge in [0.1, 0.15) is 0 Å². The van der Waals surface area contributed by atoms with Crippen molar-refractivity contribution in [2.24, 2.45) is 7.05 Å². The molecule has 92 valence electrons. The minimum Gasteiger partial charge on any atom is -0.308 e. The molecule has 0 bridgehead atoms. The molecule has 1 heterocycles. The van der Waals surface area contributed by atoms with Crippen LogP contribution in [0.3, 0.4) is 0 Å². The molecule has 16 heavy (non-hydrogen) atoms.